The molecule has 2 saturated heterocycles. The SMILES string of the molecule is C=C(C)[C@@]12OC3(c4ccccc4)O[C@@H]1[C@@H]1[C@@H](Br)[C@@](O)(CO)[C@@H](O)[C@]4(O)C(=O)C(C)=C[C@H]4[C@@]1(O3)[C@H](C)[C@H]2C. The number of ether oxygens (including phenoxy) is 3. The number of ketones is 1. The van der Waals surface area contributed by atoms with Crippen LogP contribution in [0.5, 0.6) is 0 Å². The Morgan fingerprint density at radius 2 is 1.78 bits per heavy atom. The normalized spacial score (nSPS) is 53.9. The van der Waals surface area contributed by atoms with Gasteiger partial charge in [-0.3, -0.25) is 4.79 Å². The third-order valence-corrected chi connectivity index (χ3v) is 11.5. The first-order chi connectivity index (χ1) is 17.3. The van der Waals surface area contributed by atoms with Crippen LogP contribution in [0.2, 0.25) is 0 Å². The van der Waals surface area contributed by atoms with E-state index in [1.54, 1.807) is 13.0 Å². The number of carbonyl (C=O) groups excluding carboxylic acids is 1. The minimum Gasteiger partial charge on any atom is -0.393 e. The van der Waals surface area contributed by atoms with Crippen molar-refractivity contribution in [1.82, 2.24) is 0 Å². The lowest BCUT2D eigenvalue weighted by molar-refractivity contribution is -0.437. The number of hydrogen-bond acceptors (Lipinski definition) is 8. The van der Waals surface area contributed by atoms with E-state index in [4.69, 9.17) is 14.2 Å². The number of benzene rings is 1. The van der Waals surface area contributed by atoms with Crippen LogP contribution < -0.4 is 0 Å². The van der Waals surface area contributed by atoms with Crippen LogP contribution in [0, 0.1) is 23.7 Å². The highest BCUT2D eigenvalue weighted by molar-refractivity contribution is 9.09. The molecular formula is C28H33BrO8. The van der Waals surface area contributed by atoms with Crippen molar-refractivity contribution >= 4 is 21.7 Å². The summed E-state index contributed by atoms with van der Waals surface area (Å²) >= 11 is 3.60. The molecule has 2 heterocycles. The first kappa shape index (κ1) is 25.8. The molecule has 8 nitrogen and oxygen atoms in total. The van der Waals surface area contributed by atoms with Gasteiger partial charge in [-0.05, 0) is 36.8 Å². The van der Waals surface area contributed by atoms with Crippen LogP contribution in [0.25, 0.3) is 0 Å². The maximum absolute atomic E-state index is 13.5. The maximum Gasteiger partial charge on any atom is 0.313 e. The van der Waals surface area contributed by atoms with Gasteiger partial charge >= 0.3 is 5.97 Å². The van der Waals surface area contributed by atoms with Crippen molar-refractivity contribution in [1.29, 1.82) is 0 Å². The van der Waals surface area contributed by atoms with Crippen LogP contribution >= 0.6 is 15.9 Å². The number of fused-ring (bicyclic) bond motifs is 2. The summed E-state index contributed by atoms with van der Waals surface area (Å²) in [5, 5.41) is 45.9. The Labute approximate surface area is 224 Å². The number of aliphatic hydroxyl groups excluding tert-OH is 2. The van der Waals surface area contributed by atoms with E-state index in [1.807, 2.05) is 51.1 Å². The Hall–Kier alpha value is -1.43. The minimum atomic E-state index is -2.45. The molecule has 37 heavy (non-hydrogen) atoms. The maximum atomic E-state index is 13.5. The Kier molecular flexibility index (Phi) is 5.31. The molecule has 4 N–H and O–H groups in total. The fraction of sp³-hybridized carbons (Fsp3) is 0.607. The quantitative estimate of drug-likeness (QED) is 0.318. The van der Waals surface area contributed by atoms with Crippen LogP contribution in [0.4, 0.5) is 0 Å². The molecule has 6 rings (SSSR count). The van der Waals surface area contributed by atoms with Gasteiger partial charge in [0.1, 0.15) is 23.4 Å². The fourth-order valence-electron chi connectivity index (χ4n) is 8.17. The smallest absolute Gasteiger partial charge is 0.313 e. The molecule has 3 bridgehead atoms. The van der Waals surface area contributed by atoms with E-state index in [9.17, 15) is 25.2 Å². The summed E-state index contributed by atoms with van der Waals surface area (Å²) in [6.07, 6.45) is -1.13. The zero-order valence-electron chi connectivity index (χ0n) is 21.2. The van der Waals surface area contributed by atoms with Gasteiger partial charge in [0.2, 0.25) is 0 Å². The molecule has 0 spiro atoms. The van der Waals surface area contributed by atoms with Crippen molar-refractivity contribution in [3.8, 4) is 0 Å². The van der Waals surface area contributed by atoms with Gasteiger partial charge in [0.25, 0.3) is 0 Å². The third-order valence-electron chi connectivity index (χ3n) is 10.1. The van der Waals surface area contributed by atoms with E-state index >= 15 is 0 Å². The number of rotatable bonds is 3. The zero-order valence-corrected chi connectivity index (χ0v) is 22.8. The Morgan fingerprint density at radius 3 is 2.38 bits per heavy atom. The van der Waals surface area contributed by atoms with Crippen molar-refractivity contribution in [2.45, 2.75) is 73.1 Å². The number of hydrogen-bond donors (Lipinski definition) is 4. The van der Waals surface area contributed by atoms with Gasteiger partial charge in [-0.25, -0.2) is 0 Å². The first-order valence-corrected chi connectivity index (χ1v) is 13.6. The number of aliphatic hydroxyl groups is 4. The van der Waals surface area contributed by atoms with E-state index in [0.29, 0.717) is 11.1 Å². The number of halogens is 1. The summed E-state index contributed by atoms with van der Waals surface area (Å²) < 4.78 is 20.6. The molecule has 4 fully saturated rings. The van der Waals surface area contributed by atoms with Crippen molar-refractivity contribution in [2.75, 3.05) is 6.61 Å². The number of carbonyl (C=O) groups is 1. The van der Waals surface area contributed by atoms with Crippen LogP contribution in [0.1, 0.15) is 33.3 Å². The highest BCUT2D eigenvalue weighted by atomic mass is 79.9. The molecule has 0 radical (unpaired) electrons. The van der Waals surface area contributed by atoms with Gasteiger partial charge in [0.15, 0.2) is 11.4 Å². The molecule has 2 saturated carbocycles. The second-order valence-corrected chi connectivity index (χ2v) is 12.6. The summed E-state index contributed by atoms with van der Waals surface area (Å²) in [5.74, 6) is -4.86. The van der Waals surface area contributed by atoms with Crippen LogP contribution in [0.3, 0.4) is 0 Å². The zero-order chi connectivity index (χ0) is 26.9. The molecule has 2 aliphatic heterocycles. The molecule has 200 valence electrons. The monoisotopic (exact) mass is 576 g/mol. The van der Waals surface area contributed by atoms with E-state index < -0.39 is 69.6 Å². The van der Waals surface area contributed by atoms with Crippen molar-refractivity contribution < 1.29 is 39.4 Å². The van der Waals surface area contributed by atoms with Crippen LogP contribution in [0.15, 0.2) is 54.1 Å². The average Bonchev–Trinajstić information content (AvgIpc) is 3.28. The minimum absolute atomic E-state index is 0.252. The van der Waals surface area contributed by atoms with Crippen LogP contribution in [-0.4, -0.2) is 72.3 Å². The summed E-state index contributed by atoms with van der Waals surface area (Å²) in [6.45, 7) is 10.8. The van der Waals surface area contributed by atoms with Crippen molar-refractivity contribution in [3.05, 3.63) is 59.7 Å². The van der Waals surface area contributed by atoms with Crippen molar-refractivity contribution in [2.24, 2.45) is 23.7 Å². The van der Waals surface area contributed by atoms with E-state index in [1.165, 1.54) is 0 Å². The first-order valence-electron chi connectivity index (χ1n) is 12.7. The largest absolute Gasteiger partial charge is 0.393 e. The lowest BCUT2D eigenvalue weighted by atomic mass is 9.50. The predicted octanol–water partition coefficient (Wildman–Crippen LogP) is 1.94. The van der Waals surface area contributed by atoms with E-state index in [0.717, 1.165) is 0 Å². The standard InChI is InChI=1S/C28H33BrO8/c1-13(2)26-15(4)16(5)27-18-11-14(3)21(31)25(18,34)23(32)24(33,12-30)20(29)19(27)22(26)35-28(36-26,37-27)17-9-7-6-8-10-17/h6-11,15-16,18-20,22-23,30,32-34H,1,12H2,2-5H3/t15-,16-,18-,19+,20-,22-,23-,24+,25-,26+,27+,28?/m1/s1. The Balaban J connectivity index is 1.72. The summed E-state index contributed by atoms with van der Waals surface area (Å²) in [6, 6.07) is 9.20. The van der Waals surface area contributed by atoms with Crippen LogP contribution in [-0.2, 0) is 25.0 Å². The van der Waals surface area contributed by atoms with E-state index in [-0.39, 0.29) is 17.4 Å². The summed E-state index contributed by atoms with van der Waals surface area (Å²) in [4.78, 5) is 12.5. The lowest BCUT2D eigenvalue weighted by Crippen LogP contribution is -2.74. The molecule has 9 heteroatoms. The number of alkyl halides is 1. The van der Waals surface area contributed by atoms with Crippen molar-refractivity contribution in [3.63, 3.8) is 0 Å². The molecular weight excluding hydrogens is 544 g/mol. The van der Waals surface area contributed by atoms with Gasteiger partial charge in [-0.15, -0.1) is 0 Å². The molecule has 1 aromatic rings. The Bertz CT molecular complexity index is 1220. The summed E-state index contributed by atoms with van der Waals surface area (Å²) in [7, 11) is 0. The van der Waals surface area contributed by atoms with Gasteiger partial charge in [0.05, 0.1) is 17.0 Å². The summed E-state index contributed by atoms with van der Waals surface area (Å²) in [5.41, 5.74) is -5.62. The predicted molar refractivity (Wildman–Crippen MR) is 135 cm³/mol. The third kappa shape index (κ3) is 2.61. The molecule has 1 unspecified atom stereocenters. The topological polar surface area (TPSA) is 126 Å². The second-order valence-electron chi connectivity index (χ2n) is 11.6. The average molecular weight is 577 g/mol. The second kappa shape index (κ2) is 7.61. The molecule has 12 atom stereocenters. The van der Waals surface area contributed by atoms with Gasteiger partial charge in [-0.2, -0.15) is 0 Å². The molecule has 3 aliphatic carbocycles. The lowest BCUT2D eigenvalue weighted by Gasteiger charge is -2.62. The van der Waals surface area contributed by atoms with Gasteiger partial charge in [0, 0.05) is 17.4 Å². The molecule has 1 aromatic carbocycles. The van der Waals surface area contributed by atoms with Gasteiger partial charge < -0.3 is 34.6 Å². The van der Waals surface area contributed by atoms with E-state index in [2.05, 4.69) is 22.5 Å². The molecule has 0 aromatic heterocycles. The fourth-order valence-corrected chi connectivity index (χ4v) is 9.26. The Morgan fingerprint density at radius 1 is 1.14 bits per heavy atom. The molecule has 0 amide bonds. The molecule has 5 aliphatic rings. The highest BCUT2D eigenvalue weighted by Gasteiger charge is 2.85. The number of Topliss-reactive ketones (excluding diaryl/α,β-unsaturated/α-hetero) is 1. The highest BCUT2D eigenvalue weighted by Crippen LogP contribution is 2.72. The van der Waals surface area contributed by atoms with Gasteiger partial charge in [-0.1, -0.05) is 72.8 Å².